The zero-order valence-electron chi connectivity index (χ0n) is 9.55. The van der Waals surface area contributed by atoms with E-state index in [0.29, 0.717) is 0 Å². The van der Waals surface area contributed by atoms with Gasteiger partial charge < -0.3 is 9.47 Å². The summed E-state index contributed by atoms with van der Waals surface area (Å²) < 4.78 is 81.2. The van der Waals surface area contributed by atoms with Gasteiger partial charge in [-0.05, 0) is 0 Å². The molecule has 0 bridgehead atoms. The van der Waals surface area contributed by atoms with Gasteiger partial charge in [0.05, 0.1) is 19.8 Å². The van der Waals surface area contributed by atoms with Gasteiger partial charge in [-0.3, -0.25) is 9.69 Å². The summed E-state index contributed by atoms with van der Waals surface area (Å²) in [6.07, 6.45) is -15.5. The smallest absolute Gasteiger partial charge is 0.434 e. The van der Waals surface area contributed by atoms with Crippen LogP contribution in [0.2, 0.25) is 0 Å². The molecule has 0 aromatic rings. The Morgan fingerprint density at radius 1 is 1.11 bits per heavy atom. The molecule has 1 saturated heterocycles. The predicted octanol–water partition coefficient (Wildman–Crippen LogP) is 1.35. The molecule has 0 atom stereocenters. The Hall–Kier alpha value is -1.03. The number of nitrogens with zero attached hydrogens (tertiary/aromatic N) is 1. The quantitative estimate of drug-likeness (QED) is 0.582. The highest BCUT2D eigenvalue weighted by molar-refractivity contribution is 5.72. The molecular weight excluding hydrogens is 284 g/mol. The van der Waals surface area contributed by atoms with Crippen molar-refractivity contribution >= 4 is 5.97 Å². The standard InChI is InChI=1S/C9H11F6NO3/c10-8(11,12)7(9(13,14)15)19-6(17)5-16-1-3-18-4-2-16/h7H,1-5H2. The van der Waals surface area contributed by atoms with Crippen LogP contribution in [-0.4, -0.2) is 62.2 Å². The van der Waals surface area contributed by atoms with Crippen molar-refractivity contribution in [1.82, 2.24) is 4.90 Å². The van der Waals surface area contributed by atoms with Crippen molar-refractivity contribution in [2.24, 2.45) is 0 Å². The molecule has 112 valence electrons. The Labute approximate surface area is 104 Å². The molecule has 0 N–H and O–H groups in total. The van der Waals surface area contributed by atoms with Crippen LogP contribution in [0.1, 0.15) is 0 Å². The number of alkyl halides is 6. The van der Waals surface area contributed by atoms with Crippen molar-refractivity contribution in [3.63, 3.8) is 0 Å². The van der Waals surface area contributed by atoms with Gasteiger partial charge in [0.1, 0.15) is 0 Å². The van der Waals surface area contributed by atoms with Gasteiger partial charge in [-0.2, -0.15) is 26.3 Å². The number of halogens is 6. The minimum Gasteiger partial charge on any atom is -0.442 e. The number of hydrogen-bond acceptors (Lipinski definition) is 4. The maximum absolute atomic E-state index is 12.1. The Balaban J connectivity index is 2.56. The third kappa shape index (κ3) is 5.23. The molecular formula is C9H11F6NO3. The molecule has 0 unspecified atom stereocenters. The fourth-order valence-corrected chi connectivity index (χ4v) is 1.43. The molecule has 1 fully saturated rings. The van der Waals surface area contributed by atoms with E-state index in [0.717, 1.165) is 0 Å². The molecule has 0 saturated carbocycles. The predicted molar refractivity (Wildman–Crippen MR) is 49.2 cm³/mol. The molecule has 1 heterocycles. The summed E-state index contributed by atoms with van der Waals surface area (Å²) in [5.41, 5.74) is 0. The van der Waals surface area contributed by atoms with Gasteiger partial charge in [-0.15, -0.1) is 0 Å². The summed E-state index contributed by atoms with van der Waals surface area (Å²) in [4.78, 5) is 12.5. The second kappa shape index (κ2) is 5.95. The van der Waals surface area contributed by atoms with E-state index in [1.165, 1.54) is 4.90 Å². The first-order valence-electron chi connectivity index (χ1n) is 5.23. The van der Waals surface area contributed by atoms with Crippen molar-refractivity contribution in [3.8, 4) is 0 Å². The zero-order chi connectivity index (χ0) is 14.7. The van der Waals surface area contributed by atoms with Gasteiger partial charge in [0.25, 0.3) is 6.10 Å². The van der Waals surface area contributed by atoms with Crippen molar-refractivity contribution in [2.75, 3.05) is 32.8 Å². The first-order valence-corrected chi connectivity index (χ1v) is 5.23. The normalized spacial score (nSPS) is 18.7. The molecule has 0 aliphatic carbocycles. The lowest BCUT2D eigenvalue weighted by Crippen LogP contribution is -2.48. The van der Waals surface area contributed by atoms with Gasteiger partial charge in [-0.25, -0.2) is 0 Å². The average molecular weight is 295 g/mol. The van der Waals surface area contributed by atoms with E-state index in [1.807, 2.05) is 0 Å². The van der Waals surface area contributed by atoms with Crippen LogP contribution in [0.3, 0.4) is 0 Å². The molecule has 0 aromatic heterocycles. The molecule has 0 aromatic carbocycles. The Bertz CT molecular complexity index is 296. The number of esters is 1. The van der Waals surface area contributed by atoms with Crippen molar-refractivity contribution in [1.29, 1.82) is 0 Å². The van der Waals surface area contributed by atoms with Crippen LogP contribution in [-0.2, 0) is 14.3 Å². The lowest BCUT2D eigenvalue weighted by Gasteiger charge is -2.27. The summed E-state index contributed by atoms with van der Waals surface area (Å²) in [6.45, 7) is 0.381. The molecule has 1 aliphatic heterocycles. The minimum absolute atomic E-state index is 0.248. The van der Waals surface area contributed by atoms with Crippen molar-refractivity contribution < 1.29 is 40.6 Å². The van der Waals surface area contributed by atoms with Crippen LogP contribution >= 0.6 is 0 Å². The SMILES string of the molecule is O=C(CN1CCOCC1)OC(C(F)(F)F)C(F)(F)F. The zero-order valence-corrected chi connectivity index (χ0v) is 9.55. The third-order valence-corrected chi connectivity index (χ3v) is 2.30. The van der Waals surface area contributed by atoms with E-state index < -0.39 is 31.0 Å². The fraction of sp³-hybridized carbons (Fsp3) is 0.889. The maximum atomic E-state index is 12.1. The van der Waals surface area contributed by atoms with E-state index in [1.54, 1.807) is 0 Å². The van der Waals surface area contributed by atoms with E-state index >= 15 is 0 Å². The van der Waals surface area contributed by atoms with Gasteiger partial charge in [0, 0.05) is 13.1 Å². The van der Waals surface area contributed by atoms with E-state index in [-0.39, 0.29) is 26.3 Å². The summed E-state index contributed by atoms with van der Waals surface area (Å²) in [5, 5.41) is 0. The summed E-state index contributed by atoms with van der Waals surface area (Å²) in [7, 11) is 0. The number of carbonyl (C=O) groups excluding carboxylic acids is 1. The molecule has 0 spiro atoms. The minimum atomic E-state index is -5.68. The first-order chi connectivity index (χ1) is 8.60. The largest absolute Gasteiger partial charge is 0.442 e. The third-order valence-electron chi connectivity index (χ3n) is 2.30. The highest BCUT2D eigenvalue weighted by atomic mass is 19.4. The highest BCUT2D eigenvalue weighted by Crippen LogP contribution is 2.35. The topological polar surface area (TPSA) is 38.8 Å². The molecule has 4 nitrogen and oxygen atoms in total. The highest BCUT2D eigenvalue weighted by Gasteiger charge is 2.59. The average Bonchev–Trinajstić information content (AvgIpc) is 2.24. The van der Waals surface area contributed by atoms with Crippen molar-refractivity contribution in [3.05, 3.63) is 0 Å². The van der Waals surface area contributed by atoms with Crippen LogP contribution in [0.5, 0.6) is 0 Å². The van der Waals surface area contributed by atoms with Crippen LogP contribution in [0.15, 0.2) is 0 Å². The monoisotopic (exact) mass is 295 g/mol. The number of rotatable bonds is 3. The number of hydrogen-bond donors (Lipinski definition) is 0. The van der Waals surface area contributed by atoms with Crippen LogP contribution in [0, 0.1) is 0 Å². The molecule has 0 radical (unpaired) electrons. The first kappa shape index (κ1) is 16.0. The lowest BCUT2D eigenvalue weighted by molar-refractivity contribution is -0.313. The van der Waals surface area contributed by atoms with E-state index in [4.69, 9.17) is 4.74 Å². The van der Waals surface area contributed by atoms with E-state index in [2.05, 4.69) is 4.74 Å². The van der Waals surface area contributed by atoms with Crippen molar-refractivity contribution in [2.45, 2.75) is 18.5 Å². The van der Waals surface area contributed by atoms with Crippen LogP contribution < -0.4 is 0 Å². The second-order valence-electron chi connectivity index (χ2n) is 3.84. The number of morpholine rings is 1. The van der Waals surface area contributed by atoms with Crippen LogP contribution in [0.4, 0.5) is 26.3 Å². The maximum Gasteiger partial charge on any atom is 0.434 e. The summed E-state index contributed by atoms with van der Waals surface area (Å²) >= 11 is 0. The van der Waals surface area contributed by atoms with Gasteiger partial charge in [-0.1, -0.05) is 0 Å². The van der Waals surface area contributed by atoms with Gasteiger partial charge in [0.2, 0.25) is 0 Å². The Morgan fingerprint density at radius 3 is 2.00 bits per heavy atom. The summed E-state index contributed by atoms with van der Waals surface area (Å²) in [5.74, 6) is -1.57. The van der Waals surface area contributed by atoms with Crippen LogP contribution in [0.25, 0.3) is 0 Å². The lowest BCUT2D eigenvalue weighted by atomic mass is 10.3. The molecule has 10 heteroatoms. The molecule has 19 heavy (non-hydrogen) atoms. The number of ether oxygens (including phenoxy) is 2. The summed E-state index contributed by atoms with van der Waals surface area (Å²) in [6, 6.07) is 0. The molecule has 0 amide bonds. The molecule has 1 aliphatic rings. The van der Waals surface area contributed by atoms with Gasteiger partial charge >= 0.3 is 18.3 Å². The van der Waals surface area contributed by atoms with E-state index in [9.17, 15) is 31.1 Å². The fourth-order valence-electron chi connectivity index (χ4n) is 1.43. The number of carbonyl (C=O) groups is 1. The van der Waals surface area contributed by atoms with Gasteiger partial charge in [0.15, 0.2) is 0 Å². The molecule has 1 rings (SSSR count). The second-order valence-corrected chi connectivity index (χ2v) is 3.84. The Morgan fingerprint density at radius 2 is 1.58 bits per heavy atom. The Kier molecular flexibility index (Phi) is 5.02.